The predicted molar refractivity (Wildman–Crippen MR) is 82.8 cm³/mol. The van der Waals surface area contributed by atoms with E-state index in [2.05, 4.69) is 10.3 Å². The molecule has 0 saturated carbocycles. The number of nitrogens with zero attached hydrogens (tertiary/aromatic N) is 1. The molecule has 1 aromatic carbocycles. The molecule has 2 rings (SSSR count). The number of anilines is 1. The number of ether oxygens (including phenoxy) is 1. The highest BCUT2D eigenvalue weighted by Crippen LogP contribution is 2.34. The van der Waals surface area contributed by atoms with Gasteiger partial charge in [0.2, 0.25) is 0 Å². The van der Waals surface area contributed by atoms with Crippen LogP contribution in [0.5, 0.6) is 0 Å². The molecule has 1 heterocycles. The summed E-state index contributed by atoms with van der Waals surface area (Å²) in [7, 11) is 0. The standard InChI is InChI=1S/C14H19F2N3OS/c1-21-14(4-6-20-7-5-14)9-18-13(17)19-12-8-10(15)2-3-11(12)16/h2-3,8H,4-7,9H2,1H3,(H3,17,18,19). The van der Waals surface area contributed by atoms with E-state index in [9.17, 15) is 8.78 Å². The smallest absolute Gasteiger partial charge is 0.193 e. The fourth-order valence-corrected chi connectivity index (χ4v) is 2.94. The second-order valence-corrected chi connectivity index (χ2v) is 6.22. The molecule has 21 heavy (non-hydrogen) atoms. The molecule has 0 unspecified atom stereocenters. The molecule has 1 aliphatic heterocycles. The Bertz CT molecular complexity index is 519. The van der Waals surface area contributed by atoms with Crippen molar-refractivity contribution in [3.63, 3.8) is 0 Å². The second-order valence-electron chi connectivity index (χ2n) is 4.95. The first-order valence-corrected chi connectivity index (χ1v) is 7.92. The van der Waals surface area contributed by atoms with Gasteiger partial charge in [-0.1, -0.05) is 0 Å². The molecule has 0 aliphatic carbocycles. The highest BCUT2D eigenvalue weighted by atomic mass is 32.2. The van der Waals surface area contributed by atoms with Gasteiger partial charge in [-0.25, -0.2) is 8.78 Å². The third-order valence-corrected chi connectivity index (χ3v) is 4.97. The van der Waals surface area contributed by atoms with E-state index in [0.717, 1.165) is 31.0 Å². The average Bonchev–Trinajstić information content (AvgIpc) is 2.50. The zero-order valence-electron chi connectivity index (χ0n) is 11.9. The molecule has 0 atom stereocenters. The molecule has 0 amide bonds. The van der Waals surface area contributed by atoms with E-state index in [4.69, 9.17) is 10.5 Å². The lowest BCUT2D eigenvalue weighted by molar-refractivity contribution is 0.0794. The summed E-state index contributed by atoms with van der Waals surface area (Å²) in [6, 6.07) is 3.15. The van der Waals surface area contributed by atoms with Crippen LogP contribution in [0, 0.1) is 11.6 Å². The van der Waals surface area contributed by atoms with Crippen molar-refractivity contribution in [1.29, 1.82) is 0 Å². The lowest BCUT2D eigenvalue weighted by Gasteiger charge is -2.34. The van der Waals surface area contributed by atoms with Crippen LogP contribution in [-0.4, -0.2) is 36.7 Å². The summed E-state index contributed by atoms with van der Waals surface area (Å²) in [5.74, 6) is -1.02. The fourth-order valence-electron chi connectivity index (χ4n) is 2.17. The largest absolute Gasteiger partial charge is 0.381 e. The molecule has 0 bridgehead atoms. The van der Waals surface area contributed by atoms with Crippen LogP contribution in [0.15, 0.2) is 23.2 Å². The summed E-state index contributed by atoms with van der Waals surface area (Å²) in [5.41, 5.74) is 5.75. The summed E-state index contributed by atoms with van der Waals surface area (Å²) in [4.78, 5) is 4.27. The Balaban J connectivity index is 2.02. The number of nitrogens with two attached hydrogens (primary N) is 1. The van der Waals surface area contributed by atoms with Crippen molar-refractivity contribution in [1.82, 2.24) is 0 Å². The van der Waals surface area contributed by atoms with Crippen molar-refractivity contribution < 1.29 is 13.5 Å². The van der Waals surface area contributed by atoms with Crippen molar-refractivity contribution in [2.75, 3.05) is 31.3 Å². The summed E-state index contributed by atoms with van der Waals surface area (Å²) >= 11 is 1.74. The molecule has 0 radical (unpaired) electrons. The Morgan fingerprint density at radius 2 is 2.14 bits per heavy atom. The van der Waals surface area contributed by atoms with E-state index in [-0.39, 0.29) is 16.4 Å². The first kappa shape index (κ1) is 16.0. The molecule has 1 saturated heterocycles. The molecule has 1 aromatic rings. The number of nitrogens with one attached hydrogen (secondary N) is 1. The van der Waals surface area contributed by atoms with Crippen molar-refractivity contribution >= 4 is 23.4 Å². The van der Waals surface area contributed by atoms with E-state index in [1.54, 1.807) is 11.8 Å². The number of benzene rings is 1. The number of rotatable bonds is 4. The SMILES string of the molecule is CSC1(CN=C(N)Nc2cc(F)ccc2F)CCOCC1. The zero-order chi connectivity index (χ0) is 15.3. The molecule has 0 spiro atoms. The van der Waals surface area contributed by atoms with E-state index in [1.807, 2.05) is 6.26 Å². The molecular weight excluding hydrogens is 296 g/mol. The van der Waals surface area contributed by atoms with Crippen LogP contribution in [-0.2, 0) is 4.74 Å². The zero-order valence-corrected chi connectivity index (χ0v) is 12.7. The Kier molecular flexibility index (Phi) is 5.41. The van der Waals surface area contributed by atoms with Gasteiger partial charge in [0.15, 0.2) is 5.96 Å². The molecule has 3 N–H and O–H groups in total. The highest BCUT2D eigenvalue weighted by molar-refractivity contribution is 8.00. The Hall–Kier alpha value is -1.34. The molecule has 0 aromatic heterocycles. The van der Waals surface area contributed by atoms with Gasteiger partial charge in [0.05, 0.1) is 12.2 Å². The second kappa shape index (κ2) is 7.09. The third-order valence-electron chi connectivity index (χ3n) is 3.57. The first-order chi connectivity index (χ1) is 10.0. The quantitative estimate of drug-likeness (QED) is 0.662. The van der Waals surface area contributed by atoms with E-state index in [0.29, 0.717) is 19.8 Å². The normalized spacial score (nSPS) is 18.5. The van der Waals surface area contributed by atoms with Crippen molar-refractivity contribution in [2.45, 2.75) is 17.6 Å². The third kappa shape index (κ3) is 4.31. The predicted octanol–water partition coefficient (Wildman–Crippen LogP) is 2.60. The minimum atomic E-state index is -0.569. The van der Waals surface area contributed by atoms with Crippen LogP contribution in [0.3, 0.4) is 0 Å². The van der Waals surface area contributed by atoms with Gasteiger partial charge in [-0.15, -0.1) is 0 Å². The minimum absolute atomic E-state index is 0.00499. The van der Waals surface area contributed by atoms with Crippen LogP contribution >= 0.6 is 11.8 Å². The monoisotopic (exact) mass is 315 g/mol. The van der Waals surface area contributed by atoms with Gasteiger partial charge in [0.1, 0.15) is 11.6 Å². The Morgan fingerprint density at radius 1 is 1.43 bits per heavy atom. The van der Waals surface area contributed by atoms with Gasteiger partial charge in [0, 0.05) is 24.0 Å². The van der Waals surface area contributed by atoms with Crippen molar-refractivity contribution in [3.05, 3.63) is 29.8 Å². The summed E-state index contributed by atoms with van der Waals surface area (Å²) in [5, 5.41) is 2.60. The molecule has 1 fully saturated rings. The number of halogens is 2. The van der Waals surface area contributed by atoms with Crippen LogP contribution in [0.25, 0.3) is 0 Å². The van der Waals surface area contributed by atoms with E-state index >= 15 is 0 Å². The first-order valence-electron chi connectivity index (χ1n) is 6.69. The number of thioether (sulfide) groups is 1. The lowest BCUT2D eigenvalue weighted by Crippen LogP contribution is -2.37. The average molecular weight is 315 g/mol. The Morgan fingerprint density at radius 3 is 2.81 bits per heavy atom. The Labute approximate surface area is 127 Å². The molecule has 7 heteroatoms. The summed E-state index contributed by atoms with van der Waals surface area (Å²) in [6.07, 6.45) is 3.84. The highest BCUT2D eigenvalue weighted by Gasteiger charge is 2.31. The summed E-state index contributed by atoms with van der Waals surface area (Å²) < 4.78 is 32.0. The van der Waals surface area contributed by atoms with Crippen molar-refractivity contribution in [3.8, 4) is 0 Å². The van der Waals surface area contributed by atoms with Gasteiger partial charge < -0.3 is 15.8 Å². The number of hydrogen-bond donors (Lipinski definition) is 2. The van der Waals surface area contributed by atoms with Gasteiger partial charge >= 0.3 is 0 Å². The van der Waals surface area contributed by atoms with Crippen molar-refractivity contribution in [2.24, 2.45) is 10.7 Å². The molecule has 1 aliphatic rings. The summed E-state index contributed by atoms with van der Waals surface area (Å²) in [6.45, 7) is 1.94. The molecule has 116 valence electrons. The van der Waals surface area contributed by atoms with Gasteiger partial charge in [-0.3, -0.25) is 4.99 Å². The molecular formula is C14H19F2N3OS. The van der Waals surface area contributed by atoms with E-state index < -0.39 is 11.6 Å². The van der Waals surface area contributed by atoms with Crippen LogP contribution in [0.1, 0.15) is 12.8 Å². The maximum atomic E-state index is 13.5. The molecule has 4 nitrogen and oxygen atoms in total. The number of aliphatic imine (C=N–C) groups is 1. The van der Waals surface area contributed by atoms with Gasteiger partial charge in [-0.2, -0.15) is 11.8 Å². The maximum absolute atomic E-state index is 13.5. The number of hydrogen-bond acceptors (Lipinski definition) is 3. The minimum Gasteiger partial charge on any atom is -0.381 e. The van der Waals surface area contributed by atoms with Crippen LogP contribution in [0.4, 0.5) is 14.5 Å². The van der Waals surface area contributed by atoms with Gasteiger partial charge in [-0.05, 0) is 31.2 Å². The topological polar surface area (TPSA) is 59.6 Å². The number of guanidine groups is 1. The fraction of sp³-hybridized carbons (Fsp3) is 0.500. The van der Waals surface area contributed by atoms with Crippen LogP contribution < -0.4 is 11.1 Å². The van der Waals surface area contributed by atoms with Gasteiger partial charge in [0.25, 0.3) is 0 Å². The van der Waals surface area contributed by atoms with E-state index in [1.165, 1.54) is 0 Å². The van der Waals surface area contributed by atoms with Crippen LogP contribution in [0.2, 0.25) is 0 Å². The lowest BCUT2D eigenvalue weighted by atomic mass is 9.99. The maximum Gasteiger partial charge on any atom is 0.193 e.